The van der Waals surface area contributed by atoms with Gasteiger partial charge in [-0.15, -0.1) is 0 Å². The van der Waals surface area contributed by atoms with E-state index in [1.165, 1.54) is 58.2 Å². The van der Waals surface area contributed by atoms with Crippen molar-refractivity contribution in [3.05, 3.63) is 0 Å². The van der Waals surface area contributed by atoms with E-state index in [0.29, 0.717) is 6.10 Å². The van der Waals surface area contributed by atoms with Gasteiger partial charge in [0.05, 0.1) is 6.10 Å². The summed E-state index contributed by atoms with van der Waals surface area (Å²) < 4.78 is 5.52. The lowest BCUT2D eigenvalue weighted by Gasteiger charge is -2.37. The Kier molecular flexibility index (Phi) is 5.26. The molecule has 0 bridgehead atoms. The maximum Gasteiger partial charge on any atom is 0.0586 e. The van der Waals surface area contributed by atoms with E-state index in [2.05, 4.69) is 17.3 Å². The second kappa shape index (κ2) is 6.72. The SMILES string of the molecule is COC1CCCC(N(C)CC2CCCNC2)C1. The Morgan fingerprint density at radius 1 is 1.24 bits per heavy atom. The Hall–Kier alpha value is -0.120. The third kappa shape index (κ3) is 3.94. The summed E-state index contributed by atoms with van der Waals surface area (Å²) in [5.74, 6) is 0.858. The Morgan fingerprint density at radius 3 is 2.82 bits per heavy atom. The maximum atomic E-state index is 5.52. The summed E-state index contributed by atoms with van der Waals surface area (Å²) in [6.07, 6.45) is 8.42. The van der Waals surface area contributed by atoms with E-state index >= 15 is 0 Å². The Bertz CT molecular complexity index is 216. The molecular formula is C14H28N2O. The summed E-state index contributed by atoms with van der Waals surface area (Å²) in [7, 11) is 4.16. The predicted octanol–water partition coefficient (Wildman–Crippen LogP) is 1.88. The van der Waals surface area contributed by atoms with Gasteiger partial charge in [0.2, 0.25) is 0 Å². The van der Waals surface area contributed by atoms with Crippen LogP contribution in [0, 0.1) is 5.92 Å². The second-order valence-corrected chi connectivity index (χ2v) is 5.83. The van der Waals surface area contributed by atoms with Gasteiger partial charge in [-0.2, -0.15) is 0 Å². The molecule has 3 heteroatoms. The highest BCUT2D eigenvalue weighted by Crippen LogP contribution is 2.25. The minimum Gasteiger partial charge on any atom is -0.381 e. The van der Waals surface area contributed by atoms with Gasteiger partial charge in [-0.3, -0.25) is 0 Å². The van der Waals surface area contributed by atoms with E-state index in [9.17, 15) is 0 Å². The monoisotopic (exact) mass is 240 g/mol. The summed E-state index contributed by atoms with van der Waals surface area (Å²) >= 11 is 0. The van der Waals surface area contributed by atoms with Gasteiger partial charge in [0.25, 0.3) is 0 Å². The van der Waals surface area contributed by atoms with Crippen LogP contribution in [0.5, 0.6) is 0 Å². The van der Waals surface area contributed by atoms with E-state index in [1.54, 1.807) is 0 Å². The number of nitrogens with zero attached hydrogens (tertiary/aromatic N) is 1. The van der Waals surface area contributed by atoms with Crippen molar-refractivity contribution >= 4 is 0 Å². The number of ether oxygens (including phenoxy) is 1. The first-order chi connectivity index (χ1) is 8.29. The Balaban J connectivity index is 1.75. The molecule has 2 aliphatic rings. The highest BCUT2D eigenvalue weighted by atomic mass is 16.5. The van der Waals surface area contributed by atoms with Crippen molar-refractivity contribution in [3.8, 4) is 0 Å². The molecule has 1 saturated carbocycles. The summed E-state index contributed by atoms with van der Waals surface area (Å²) in [6, 6.07) is 0.746. The number of rotatable bonds is 4. The predicted molar refractivity (Wildman–Crippen MR) is 71.3 cm³/mol. The van der Waals surface area contributed by atoms with E-state index < -0.39 is 0 Å². The van der Waals surface area contributed by atoms with Crippen molar-refractivity contribution in [2.45, 2.75) is 50.7 Å². The first kappa shape index (κ1) is 13.3. The van der Waals surface area contributed by atoms with Crippen LogP contribution in [0.4, 0.5) is 0 Å². The van der Waals surface area contributed by atoms with Crippen molar-refractivity contribution in [2.24, 2.45) is 5.92 Å². The molecule has 0 aromatic heterocycles. The number of piperidine rings is 1. The molecule has 3 atom stereocenters. The molecule has 1 saturated heterocycles. The molecule has 0 aromatic carbocycles. The smallest absolute Gasteiger partial charge is 0.0586 e. The van der Waals surface area contributed by atoms with Crippen molar-refractivity contribution in [1.82, 2.24) is 10.2 Å². The van der Waals surface area contributed by atoms with Crippen LogP contribution >= 0.6 is 0 Å². The third-order valence-electron chi connectivity index (χ3n) is 4.50. The van der Waals surface area contributed by atoms with Gasteiger partial charge >= 0.3 is 0 Å². The number of methoxy groups -OCH3 is 1. The van der Waals surface area contributed by atoms with Crippen molar-refractivity contribution in [1.29, 1.82) is 0 Å². The van der Waals surface area contributed by atoms with E-state index in [1.807, 2.05) is 7.11 Å². The molecule has 0 amide bonds. The molecule has 3 unspecified atom stereocenters. The molecule has 2 rings (SSSR count). The lowest BCUT2D eigenvalue weighted by Crippen LogP contribution is -2.43. The zero-order chi connectivity index (χ0) is 12.1. The zero-order valence-corrected chi connectivity index (χ0v) is 11.5. The second-order valence-electron chi connectivity index (χ2n) is 5.83. The highest BCUT2D eigenvalue weighted by Gasteiger charge is 2.26. The van der Waals surface area contributed by atoms with Crippen molar-refractivity contribution in [2.75, 3.05) is 33.8 Å². The molecule has 17 heavy (non-hydrogen) atoms. The molecule has 2 fully saturated rings. The largest absolute Gasteiger partial charge is 0.381 e. The fraction of sp³-hybridized carbons (Fsp3) is 1.00. The summed E-state index contributed by atoms with van der Waals surface area (Å²) in [5.41, 5.74) is 0. The fourth-order valence-corrected chi connectivity index (χ4v) is 3.37. The van der Waals surface area contributed by atoms with Crippen LogP contribution in [0.1, 0.15) is 38.5 Å². The van der Waals surface area contributed by atoms with Gasteiger partial charge in [0.15, 0.2) is 0 Å². The van der Waals surface area contributed by atoms with Gasteiger partial charge in [-0.1, -0.05) is 0 Å². The molecule has 1 aliphatic carbocycles. The Labute approximate surface area is 106 Å². The van der Waals surface area contributed by atoms with Crippen LogP contribution in [-0.4, -0.2) is 50.8 Å². The first-order valence-electron chi connectivity index (χ1n) is 7.23. The van der Waals surface area contributed by atoms with Gasteiger partial charge in [0.1, 0.15) is 0 Å². The zero-order valence-electron chi connectivity index (χ0n) is 11.5. The van der Waals surface area contributed by atoms with Gasteiger partial charge in [0, 0.05) is 19.7 Å². The molecule has 1 aliphatic heterocycles. The molecular weight excluding hydrogens is 212 g/mol. The number of hydrogen-bond acceptors (Lipinski definition) is 3. The minimum atomic E-state index is 0.501. The van der Waals surface area contributed by atoms with E-state index in [-0.39, 0.29) is 0 Å². The average Bonchev–Trinajstić information content (AvgIpc) is 2.40. The van der Waals surface area contributed by atoms with Crippen LogP contribution < -0.4 is 5.32 Å². The number of nitrogens with one attached hydrogen (secondary N) is 1. The maximum absolute atomic E-state index is 5.52. The lowest BCUT2D eigenvalue weighted by molar-refractivity contribution is 0.0302. The van der Waals surface area contributed by atoms with E-state index in [0.717, 1.165) is 12.0 Å². The molecule has 1 heterocycles. The van der Waals surface area contributed by atoms with Crippen LogP contribution in [0.2, 0.25) is 0 Å². The van der Waals surface area contributed by atoms with Crippen LogP contribution in [-0.2, 0) is 4.74 Å². The third-order valence-corrected chi connectivity index (χ3v) is 4.50. The van der Waals surface area contributed by atoms with Crippen molar-refractivity contribution in [3.63, 3.8) is 0 Å². The van der Waals surface area contributed by atoms with E-state index in [4.69, 9.17) is 4.74 Å². The standard InChI is InChI=1S/C14H28N2O/c1-16(11-12-5-4-8-15-10-12)13-6-3-7-14(9-13)17-2/h12-15H,3-11H2,1-2H3. The molecule has 0 spiro atoms. The summed E-state index contributed by atoms with van der Waals surface area (Å²) in [5, 5.41) is 3.51. The quantitative estimate of drug-likeness (QED) is 0.812. The molecule has 0 radical (unpaired) electrons. The molecule has 0 aromatic rings. The average molecular weight is 240 g/mol. The topological polar surface area (TPSA) is 24.5 Å². The van der Waals surface area contributed by atoms with Crippen LogP contribution in [0.3, 0.4) is 0 Å². The minimum absolute atomic E-state index is 0.501. The summed E-state index contributed by atoms with van der Waals surface area (Å²) in [6.45, 7) is 3.69. The Morgan fingerprint density at radius 2 is 2.12 bits per heavy atom. The first-order valence-corrected chi connectivity index (χ1v) is 7.23. The van der Waals surface area contributed by atoms with Gasteiger partial charge in [-0.05, 0) is 64.6 Å². The van der Waals surface area contributed by atoms with Crippen LogP contribution in [0.15, 0.2) is 0 Å². The van der Waals surface area contributed by atoms with Crippen molar-refractivity contribution < 1.29 is 4.74 Å². The fourth-order valence-electron chi connectivity index (χ4n) is 3.37. The van der Waals surface area contributed by atoms with Gasteiger partial charge in [-0.25, -0.2) is 0 Å². The lowest BCUT2D eigenvalue weighted by atomic mass is 9.90. The molecule has 3 nitrogen and oxygen atoms in total. The normalized spacial score (nSPS) is 35.1. The summed E-state index contributed by atoms with van der Waals surface area (Å²) in [4.78, 5) is 2.59. The molecule has 100 valence electrons. The molecule has 1 N–H and O–H groups in total. The highest BCUT2D eigenvalue weighted by molar-refractivity contribution is 4.81. The van der Waals surface area contributed by atoms with Gasteiger partial charge < -0.3 is 15.0 Å². The van der Waals surface area contributed by atoms with Crippen LogP contribution in [0.25, 0.3) is 0 Å². The number of hydrogen-bond donors (Lipinski definition) is 1.